The Balaban J connectivity index is 1.39. The number of carbonyl (C=O) groups is 1. The van der Waals surface area contributed by atoms with Crippen molar-refractivity contribution in [1.29, 1.82) is 0 Å². The molecule has 1 amide bonds. The summed E-state index contributed by atoms with van der Waals surface area (Å²) in [5.74, 6) is 0.598. The first-order valence-electron chi connectivity index (χ1n) is 11.5. The van der Waals surface area contributed by atoms with Gasteiger partial charge in [0.05, 0.1) is 24.3 Å². The molecule has 188 valence electrons. The van der Waals surface area contributed by atoms with Crippen LogP contribution in [-0.4, -0.2) is 28.0 Å². The van der Waals surface area contributed by atoms with Gasteiger partial charge in [0.15, 0.2) is 0 Å². The topological polar surface area (TPSA) is 107 Å². The van der Waals surface area contributed by atoms with E-state index in [2.05, 4.69) is 10.0 Å². The maximum absolute atomic E-state index is 13.1. The van der Waals surface area contributed by atoms with Crippen molar-refractivity contribution in [2.24, 2.45) is 0 Å². The van der Waals surface area contributed by atoms with E-state index in [9.17, 15) is 13.2 Å². The fourth-order valence-corrected chi connectivity index (χ4v) is 5.12. The molecular formula is C28H24N2O6S. The standard InChI is InChI=1S/C28H24N2O6S/c1-3-35-20-13-11-19(12-14-20)30-37(32,33)21-8-6-7-18(15-21)28(31)29-24-17-26-23(16-27(24)34-2)22-9-4-5-10-25(22)36-26/h4-17,30H,3H2,1-2H3,(H,29,31). The SMILES string of the molecule is CCOc1ccc(NS(=O)(=O)c2cccc(C(=O)Nc3cc4oc5ccccc5c4cc3OC)c2)cc1. The van der Waals surface area contributed by atoms with E-state index >= 15 is 0 Å². The van der Waals surface area contributed by atoms with E-state index in [1.54, 1.807) is 36.4 Å². The smallest absolute Gasteiger partial charge is 0.261 e. The van der Waals surface area contributed by atoms with E-state index in [0.29, 0.717) is 35.1 Å². The highest BCUT2D eigenvalue weighted by atomic mass is 32.2. The Labute approximate surface area is 213 Å². The van der Waals surface area contributed by atoms with Gasteiger partial charge < -0.3 is 19.2 Å². The number of ether oxygens (including phenoxy) is 2. The van der Waals surface area contributed by atoms with Crippen LogP contribution in [0.5, 0.6) is 11.5 Å². The lowest BCUT2D eigenvalue weighted by molar-refractivity contribution is 0.102. The minimum absolute atomic E-state index is 0.0475. The molecule has 0 aliphatic heterocycles. The lowest BCUT2D eigenvalue weighted by Gasteiger charge is -2.12. The fraction of sp³-hybridized carbons (Fsp3) is 0.107. The molecule has 4 aromatic carbocycles. The van der Waals surface area contributed by atoms with E-state index in [0.717, 1.165) is 16.4 Å². The first kappa shape index (κ1) is 24.2. The Morgan fingerprint density at radius 1 is 0.892 bits per heavy atom. The van der Waals surface area contributed by atoms with Crippen LogP contribution in [0.25, 0.3) is 21.9 Å². The van der Waals surface area contributed by atoms with Crippen LogP contribution in [0.2, 0.25) is 0 Å². The van der Waals surface area contributed by atoms with Gasteiger partial charge in [-0.2, -0.15) is 0 Å². The zero-order chi connectivity index (χ0) is 26.0. The van der Waals surface area contributed by atoms with E-state index in [1.165, 1.54) is 31.4 Å². The van der Waals surface area contributed by atoms with Crippen molar-refractivity contribution in [1.82, 2.24) is 0 Å². The molecule has 5 aromatic rings. The Kier molecular flexibility index (Phi) is 6.45. The second-order valence-electron chi connectivity index (χ2n) is 8.19. The van der Waals surface area contributed by atoms with Crippen LogP contribution in [0.15, 0.2) is 94.2 Å². The van der Waals surface area contributed by atoms with Crippen LogP contribution in [0, 0.1) is 0 Å². The summed E-state index contributed by atoms with van der Waals surface area (Å²) in [7, 11) is -2.42. The van der Waals surface area contributed by atoms with Crippen LogP contribution < -0.4 is 19.5 Å². The molecule has 8 nitrogen and oxygen atoms in total. The van der Waals surface area contributed by atoms with Crippen molar-refractivity contribution in [3.05, 3.63) is 90.5 Å². The van der Waals surface area contributed by atoms with Crippen LogP contribution in [0.1, 0.15) is 17.3 Å². The number of furan rings is 1. The number of hydrogen-bond donors (Lipinski definition) is 2. The number of benzene rings is 4. The van der Waals surface area contributed by atoms with Crippen LogP contribution in [0.3, 0.4) is 0 Å². The highest BCUT2D eigenvalue weighted by Gasteiger charge is 2.19. The molecule has 0 atom stereocenters. The van der Waals surface area contributed by atoms with Gasteiger partial charge >= 0.3 is 0 Å². The molecule has 37 heavy (non-hydrogen) atoms. The Bertz CT molecular complexity index is 1710. The van der Waals surface area contributed by atoms with Gasteiger partial charge in [0, 0.05) is 28.1 Å². The molecule has 5 rings (SSSR count). The van der Waals surface area contributed by atoms with Gasteiger partial charge in [-0.3, -0.25) is 9.52 Å². The summed E-state index contributed by atoms with van der Waals surface area (Å²) in [6.07, 6.45) is 0. The van der Waals surface area contributed by atoms with E-state index < -0.39 is 15.9 Å². The number of amides is 1. The molecular weight excluding hydrogens is 492 g/mol. The summed E-state index contributed by atoms with van der Waals surface area (Å²) in [5, 5.41) is 4.60. The third kappa shape index (κ3) is 4.94. The van der Waals surface area contributed by atoms with Gasteiger partial charge in [0.1, 0.15) is 22.7 Å². The molecule has 0 bridgehead atoms. The normalized spacial score (nSPS) is 11.4. The number of anilines is 2. The minimum Gasteiger partial charge on any atom is -0.495 e. The second kappa shape index (κ2) is 9.87. The van der Waals surface area contributed by atoms with Gasteiger partial charge in [-0.05, 0) is 61.5 Å². The fourth-order valence-electron chi connectivity index (χ4n) is 4.02. The quantitative estimate of drug-likeness (QED) is 0.260. The van der Waals surface area contributed by atoms with Crippen molar-refractivity contribution in [3.8, 4) is 11.5 Å². The number of nitrogens with one attached hydrogen (secondary N) is 2. The van der Waals surface area contributed by atoms with Gasteiger partial charge in [-0.15, -0.1) is 0 Å². The predicted octanol–water partition coefficient (Wildman–Crippen LogP) is 6.05. The summed E-state index contributed by atoms with van der Waals surface area (Å²) >= 11 is 0. The molecule has 0 aliphatic rings. The van der Waals surface area contributed by atoms with Crippen LogP contribution in [-0.2, 0) is 10.0 Å². The average molecular weight is 517 g/mol. The van der Waals surface area contributed by atoms with Gasteiger partial charge in [0.25, 0.3) is 15.9 Å². The van der Waals surface area contributed by atoms with Crippen molar-refractivity contribution in [2.75, 3.05) is 23.8 Å². The van der Waals surface area contributed by atoms with Crippen LogP contribution >= 0.6 is 0 Å². The van der Waals surface area contributed by atoms with E-state index in [4.69, 9.17) is 13.9 Å². The van der Waals surface area contributed by atoms with Crippen molar-refractivity contribution >= 4 is 49.2 Å². The molecule has 2 N–H and O–H groups in total. The molecule has 0 saturated carbocycles. The number of fused-ring (bicyclic) bond motifs is 3. The predicted molar refractivity (Wildman–Crippen MR) is 143 cm³/mol. The third-order valence-electron chi connectivity index (χ3n) is 5.77. The zero-order valence-electron chi connectivity index (χ0n) is 20.1. The average Bonchev–Trinajstić information content (AvgIpc) is 3.26. The monoisotopic (exact) mass is 516 g/mol. The third-order valence-corrected chi connectivity index (χ3v) is 7.15. The lowest BCUT2D eigenvalue weighted by Crippen LogP contribution is -2.16. The summed E-state index contributed by atoms with van der Waals surface area (Å²) in [6.45, 7) is 2.38. The summed E-state index contributed by atoms with van der Waals surface area (Å²) < 4.78 is 45.3. The van der Waals surface area contributed by atoms with Crippen LogP contribution in [0.4, 0.5) is 11.4 Å². The summed E-state index contributed by atoms with van der Waals surface area (Å²) in [5.41, 5.74) is 2.26. The largest absolute Gasteiger partial charge is 0.495 e. The van der Waals surface area contributed by atoms with Crippen molar-refractivity contribution in [3.63, 3.8) is 0 Å². The maximum atomic E-state index is 13.1. The van der Waals surface area contributed by atoms with Gasteiger partial charge in [-0.1, -0.05) is 24.3 Å². The highest BCUT2D eigenvalue weighted by molar-refractivity contribution is 7.92. The number of sulfonamides is 1. The number of carbonyl (C=O) groups excluding carboxylic acids is 1. The first-order chi connectivity index (χ1) is 17.9. The molecule has 0 saturated heterocycles. The van der Waals surface area contributed by atoms with Gasteiger partial charge in [-0.25, -0.2) is 8.42 Å². The molecule has 0 radical (unpaired) electrons. The molecule has 1 aromatic heterocycles. The van der Waals surface area contributed by atoms with Gasteiger partial charge in [0.2, 0.25) is 0 Å². The molecule has 9 heteroatoms. The molecule has 0 fully saturated rings. The van der Waals surface area contributed by atoms with E-state index in [1.807, 2.05) is 31.2 Å². The summed E-state index contributed by atoms with van der Waals surface area (Å²) in [4.78, 5) is 13.1. The first-order valence-corrected chi connectivity index (χ1v) is 13.0. The number of rotatable bonds is 8. The van der Waals surface area contributed by atoms with Crippen molar-refractivity contribution in [2.45, 2.75) is 11.8 Å². The highest BCUT2D eigenvalue weighted by Crippen LogP contribution is 2.36. The Morgan fingerprint density at radius 3 is 2.43 bits per heavy atom. The van der Waals surface area contributed by atoms with Crippen molar-refractivity contribution < 1.29 is 27.1 Å². The second-order valence-corrected chi connectivity index (χ2v) is 9.87. The summed E-state index contributed by atoms with van der Waals surface area (Å²) in [6, 6.07) is 23.5. The minimum atomic E-state index is -3.93. The Morgan fingerprint density at radius 2 is 1.68 bits per heavy atom. The number of hydrogen-bond acceptors (Lipinski definition) is 6. The number of methoxy groups -OCH3 is 1. The molecule has 0 spiro atoms. The van der Waals surface area contributed by atoms with E-state index in [-0.39, 0.29) is 10.5 Å². The number of para-hydroxylation sites is 1. The zero-order valence-corrected chi connectivity index (χ0v) is 21.0. The lowest BCUT2D eigenvalue weighted by atomic mass is 10.1. The maximum Gasteiger partial charge on any atom is 0.261 e. The molecule has 0 unspecified atom stereocenters. The molecule has 0 aliphatic carbocycles. The Hall–Kier alpha value is -4.50. The molecule has 1 heterocycles.